The summed E-state index contributed by atoms with van der Waals surface area (Å²) in [7, 11) is 0. The molecule has 134 valence electrons. The van der Waals surface area contributed by atoms with Crippen LogP contribution in [0.25, 0.3) is 0 Å². The van der Waals surface area contributed by atoms with Crippen molar-refractivity contribution in [2.75, 3.05) is 11.9 Å². The maximum absolute atomic E-state index is 12.3. The average molecular weight is 341 g/mol. The lowest BCUT2D eigenvalue weighted by Crippen LogP contribution is -2.30. The molecule has 1 atom stereocenters. The molecule has 0 aliphatic heterocycles. The van der Waals surface area contributed by atoms with Gasteiger partial charge in [-0.3, -0.25) is 4.79 Å². The topological polar surface area (TPSA) is 47.6 Å². The number of benzene rings is 2. The zero-order valence-electron chi connectivity index (χ0n) is 15.4. The van der Waals surface area contributed by atoms with Crippen LogP contribution >= 0.6 is 0 Å². The second-order valence-corrected chi connectivity index (χ2v) is 6.35. The van der Waals surface area contributed by atoms with Crippen molar-refractivity contribution >= 4 is 11.6 Å². The van der Waals surface area contributed by atoms with E-state index >= 15 is 0 Å². The number of amides is 1. The van der Waals surface area contributed by atoms with Crippen LogP contribution in [-0.4, -0.2) is 18.6 Å². The van der Waals surface area contributed by atoms with Gasteiger partial charge in [0.15, 0.2) is 6.10 Å². The lowest BCUT2D eigenvalue weighted by molar-refractivity contribution is -0.122. The first kappa shape index (κ1) is 18.8. The minimum absolute atomic E-state index is 0.185. The number of ether oxygens (including phenoxy) is 2. The molecule has 0 aliphatic carbocycles. The van der Waals surface area contributed by atoms with Gasteiger partial charge in [0, 0.05) is 5.69 Å². The van der Waals surface area contributed by atoms with E-state index in [-0.39, 0.29) is 5.91 Å². The molecule has 4 heteroatoms. The Bertz CT molecular complexity index is 663. The Morgan fingerprint density at radius 3 is 2.12 bits per heavy atom. The van der Waals surface area contributed by atoms with Gasteiger partial charge in [-0.25, -0.2) is 0 Å². The third kappa shape index (κ3) is 5.82. The molecule has 4 nitrogen and oxygen atoms in total. The largest absolute Gasteiger partial charge is 0.494 e. The van der Waals surface area contributed by atoms with E-state index in [4.69, 9.17) is 9.47 Å². The summed E-state index contributed by atoms with van der Waals surface area (Å²) >= 11 is 0. The van der Waals surface area contributed by atoms with Gasteiger partial charge in [0.2, 0.25) is 0 Å². The first-order chi connectivity index (χ1) is 12.0. The zero-order chi connectivity index (χ0) is 18.2. The van der Waals surface area contributed by atoms with Gasteiger partial charge in [-0.2, -0.15) is 0 Å². The normalized spacial score (nSPS) is 11.9. The predicted octanol–water partition coefficient (Wildman–Crippen LogP) is 5.00. The van der Waals surface area contributed by atoms with E-state index < -0.39 is 6.10 Å². The molecule has 0 heterocycles. The predicted molar refractivity (Wildman–Crippen MR) is 101 cm³/mol. The van der Waals surface area contributed by atoms with Gasteiger partial charge in [0.25, 0.3) is 5.91 Å². The van der Waals surface area contributed by atoms with Crippen LogP contribution in [0, 0.1) is 0 Å². The van der Waals surface area contributed by atoms with Crippen LogP contribution < -0.4 is 14.8 Å². The number of hydrogen-bond acceptors (Lipinski definition) is 3. The van der Waals surface area contributed by atoms with Gasteiger partial charge in [-0.15, -0.1) is 0 Å². The second kappa shape index (κ2) is 9.11. The average Bonchev–Trinajstić information content (AvgIpc) is 2.61. The summed E-state index contributed by atoms with van der Waals surface area (Å²) in [6.07, 6.45) is 0.381. The number of nitrogens with one attached hydrogen (secondary N) is 1. The molecule has 1 amide bonds. The number of carbonyl (C=O) groups is 1. The molecule has 0 radical (unpaired) electrons. The first-order valence-electron chi connectivity index (χ1n) is 8.80. The van der Waals surface area contributed by atoms with Crippen molar-refractivity contribution < 1.29 is 14.3 Å². The quantitative estimate of drug-likeness (QED) is 0.734. The van der Waals surface area contributed by atoms with Crippen LogP contribution in [0.4, 0.5) is 5.69 Å². The molecule has 1 unspecified atom stereocenters. The lowest BCUT2D eigenvalue weighted by Gasteiger charge is -2.15. The Kier molecular flexibility index (Phi) is 6.87. The van der Waals surface area contributed by atoms with E-state index in [0.29, 0.717) is 18.3 Å². The van der Waals surface area contributed by atoms with Gasteiger partial charge in [-0.05, 0) is 61.2 Å². The van der Waals surface area contributed by atoms with E-state index in [1.807, 2.05) is 48.5 Å². The fourth-order valence-electron chi connectivity index (χ4n) is 2.29. The highest BCUT2D eigenvalue weighted by molar-refractivity contribution is 5.94. The molecule has 0 fully saturated rings. The Morgan fingerprint density at radius 2 is 1.56 bits per heavy atom. The van der Waals surface area contributed by atoms with E-state index in [0.717, 1.165) is 17.9 Å². The van der Waals surface area contributed by atoms with Gasteiger partial charge in [0.1, 0.15) is 11.5 Å². The second-order valence-electron chi connectivity index (χ2n) is 6.35. The summed E-state index contributed by atoms with van der Waals surface area (Å²) in [5.41, 5.74) is 1.97. The third-order valence-corrected chi connectivity index (χ3v) is 3.82. The van der Waals surface area contributed by atoms with Crippen LogP contribution in [-0.2, 0) is 4.79 Å². The highest BCUT2D eigenvalue weighted by atomic mass is 16.5. The summed E-state index contributed by atoms with van der Waals surface area (Å²) in [4.78, 5) is 12.3. The summed E-state index contributed by atoms with van der Waals surface area (Å²) in [5, 5.41) is 2.86. The summed E-state index contributed by atoms with van der Waals surface area (Å²) in [6, 6.07) is 15.2. The smallest absolute Gasteiger partial charge is 0.265 e. The van der Waals surface area contributed by atoms with E-state index in [2.05, 4.69) is 26.1 Å². The van der Waals surface area contributed by atoms with Crippen molar-refractivity contribution in [2.45, 2.75) is 46.1 Å². The minimum Gasteiger partial charge on any atom is -0.494 e. The monoisotopic (exact) mass is 341 g/mol. The molecule has 0 saturated carbocycles. The van der Waals surface area contributed by atoms with Crippen LogP contribution in [0.1, 0.15) is 45.6 Å². The molecule has 0 aromatic heterocycles. The van der Waals surface area contributed by atoms with Crippen LogP contribution in [0.3, 0.4) is 0 Å². The van der Waals surface area contributed by atoms with E-state index in [9.17, 15) is 4.79 Å². The summed E-state index contributed by atoms with van der Waals surface area (Å²) < 4.78 is 11.3. The van der Waals surface area contributed by atoms with Crippen LogP contribution in [0.5, 0.6) is 11.5 Å². The highest BCUT2D eigenvalue weighted by Crippen LogP contribution is 2.20. The van der Waals surface area contributed by atoms with Crippen molar-refractivity contribution in [3.05, 3.63) is 54.1 Å². The minimum atomic E-state index is -0.582. The molecule has 0 spiro atoms. The number of hydrogen-bond donors (Lipinski definition) is 1. The molecule has 2 rings (SSSR count). The van der Waals surface area contributed by atoms with Crippen LogP contribution in [0.15, 0.2) is 48.5 Å². The highest BCUT2D eigenvalue weighted by Gasteiger charge is 2.15. The molecule has 2 aromatic carbocycles. The van der Waals surface area contributed by atoms with E-state index in [1.54, 1.807) is 6.92 Å². The molecule has 0 aliphatic rings. The Morgan fingerprint density at radius 1 is 0.960 bits per heavy atom. The molecular weight excluding hydrogens is 314 g/mol. The van der Waals surface area contributed by atoms with Crippen molar-refractivity contribution in [3.63, 3.8) is 0 Å². The van der Waals surface area contributed by atoms with Gasteiger partial charge in [0.05, 0.1) is 6.61 Å². The van der Waals surface area contributed by atoms with Gasteiger partial charge in [-0.1, -0.05) is 32.9 Å². The van der Waals surface area contributed by atoms with Crippen LogP contribution in [0.2, 0.25) is 0 Å². The molecule has 2 aromatic rings. The summed E-state index contributed by atoms with van der Waals surface area (Å²) in [5.74, 6) is 1.78. The first-order valence-corrected chi connectivity index (χ1v) is 8.80. The molecule has 1 N–H and O–H groups in total. The van der Waals surface area contributed by atoms with Gasteiger partial charge < -0.3 is 14.8 Å². The zero-order valence-corrected chi connectivity index (χ0v) is 15.4. The van der Waals surface area contributed by atoms with E-state index in [1.165, 1.54) is 5.56 Å². The number of rotatable bonds is 8. The molecule has 25 heavy (non-hydrogen) atoms. The number of anilines is 1. The molecule has 0 saturated heterocycles. The van der Waals surface area contributed by atoms with Crippen molar-refractivity contribution in [1.29, 1.82) is 0 Å². The standard InChI is InChI=1S/C21H27NO3/c1-5-14-24-19-12-8-18(9-13-19)22-21(23)16(4)25-20-10-6-17(7-11-20)15(2)3/h6-13,15-16H,5,14H2,1-4H3,(H,22,23). The fourth-order valence-corrected chi connectivity index (χ4v) is 2.29. The third-order valence-electron chi connectivity index (χ3n) is 3.82. The Balaban J connectivity index is 1.89. The Labute approximate surface area is 150 Å². The maximum Gasteiger partial charge on any atom is 0.265 e. The van der Waals surface area contributed by atoms with Crippen molar-refractivity contribution in [1.82, 2.24) is 0 Å². The lowest BCUT2D eigenvalue weighted by atomic mass is 10.0. The van der Waals surface area contributed by atoms with Crippen molar-refractivity contribution in [2.24, 2.45) is 0 Å². The SMILES string of the molecule is CCCOc1ccc(NC(=O)C(C)Oc2ccc(C(C)C)cc2)cc1. The Hall–Kier alpha value is -2.49. The van der Waals surface area contributed by atoms with Crippen molar-refractivity contribution in [3.8, 4) is 11.5 Å². The summed E-state index contributed by atoms with van der Waals surface area (Å²) in [6.45, 7) is 8.78. The fraction of sp³-hybridized carbons (Fsp3) is 0.381. The molecule has 0 bridgehead atoms. The maximum atomic E-state index is 12.3. The number of carbonyl (C=O) groups excluding carboxylic acids is 1. The molecular formula is C21H27NO3. The van der Waals surface area contributed by atoms with Gasteiger partial charge >= 0.3 is 0 Å².